The molecule has 0 saturated carbocycles. The van der Waals surface area contributed by atoms with E-state index in [4.69, 9.17) is 0 Å². The van der Waals surface area contributed by atoms with Crippen LogP contribution >= 0.6 is 0 Å². The van der Waals surface area contributed by atoms with Gasteiger partial charge in [0.05, 0.1) is 11.5 Å². The van der Waals surface area contributed by atoms with Crippen molar-refractivity contribution in [3.63, 3.8) is 0 Å². The summed E-state index contributed by atoms with van der Waals surface area (Å²) in [7, 11) is -2.74. The maximum Gasteiger partial charge on any atom is 0.151 e. The van der Waals surface area contributed by atoms with Crippen molar-refractivity contribution in [1.82, 2.24) is 5.32 Å². The average Bonchev–Trinajstić information content (AvgIpc) is 2.55. The highest BCUT2D eigenvalue weighted by molar-refractivity contribution is 7.91. The fraction of sp³-hybridized carbons (Fsp3) is 1.00. The van der Waals surface area contributed by atoms with Gasteiger partial charge in [-0.05, 0) is 19.3 Å². The molecule has 0 amide bonds. The third-order valence-corrected chi connectivity index (χ3v) is 5.02. The molecule has 0 radical (unpaired) electrons. The fourth-order valence-corrected chi connectivity index (χ4v) is 4.06. The zero-order valence-electron chi connectivity index (χ0n) is 10.5. The van der Waals surface area contributed by atoms with Crippen molar-refractivity contribution in [3.05, 3.63) is 0 Å². The van der Waals surface area contributed by atoms with E-state index >= 15 is 0 Å². The molecule has 0 aromatic rings. The zero-order chi connectivity index (χ0) is 12.0. The van der Waals surface area contributed by atoms with Gasteiger partial charge in [-0.25, -0.2) is 8.42 Å². The predicted molar refractivity (Wildman–Crippen MR) is 68.4 cm³/mol. The van der Waals surface area contributed by atoms with Gasteiger partial charge in [0.2, 0.25) is 0 Å². The Hall–Kier alpha value is -0.0900. The van der Waals surface area contributed by atoms with E-state index in [0.29, 0.717) is 17.5 Å². The summed E-state index contributed by atoms with van der Waals surface area (Å²) < 4.78 is 22.7. The van der Waals surface area contributed by atoms with Gasteiger partial charge >= 0.3 is 0 Å². The summed E-state index contributed by atoms with van der Waals surface area (Å²) in [5.41, 5.74) is 0. The summed E-state index contributed by atoms with van der Waals surface area (Å²) in [4.78, 5) is 0. The predicted octanol–water partition coefficient (Wildman–Crippen LogP) is 2.12. The molecule has 2 atom stereocenters. The van der Waals surface area contributed by atoms with E-state index in [2.05, 4.69) is 19.2 Å². The first-order chi connectivity index (χ1) is 7.57. The monoisotopic (exact) mass is 247 g/mol. The normalized spacial score (nSPS) is 25.8. The van der Waals surface area contributed by atoms with E-state index < -0.39 is 9.84 Å². The lowest BCUT2D eigenvalue weighted by Gasteiger charge is -2.21. The first kappa shape index (κ1) is 14.0. The molecule has 0 aliphatic carbocycles. The second-order valence-electron chi connectivity index (χ2n) is 4.89. The van der Waals surface area contributed by atoms with E-state index in [1.807, 2.05) is 0 Å². The molecule has 0 bridgehead atoms. The van der Waals surface area contributed by atoms with Crippen molar-refractivity contribution in [1.29, 1.82) is 0 Å². The Morgan fingerprint density at radius 3 is 2.50 bits per heavy atom. The second kappa shape index (κ2) is 6.60. The SMILES string of the molecule is CCCCC(CCC)NC1CCS(=O)(=O)C1. The average molecular weight is 247 g/mol. The number of nitrogens with one attached hydrogen (secondary N) is 1. The van der Waals surface area contributed by atoms with Crippen LogP contribution in [0.4, 0.5) is 0 Å². The Balaban J connectivity index is 2.36. The van der Waals surface area contributed by atoms with Crippen LogP contribution in [-0.4, -0.2) is 32.0 Å². The summed E-state index contributed by atoms with van der Waals surface area (Å²) in [6, 6.07) is 0.724. The van der Waals surface area contributed by atoms with E-state index in [1.54, 1.807) is 0 Å². The Morgan fingerprint density at radius 2 is 2.00 bits per heavy atom. The van der Waals surface area contributed by atoms with Crippen molar-refractivity contribution < 1.29 is 8.42 Å². The van der Waals surface area contributed by atoms with Crippen LogP contribution in [0.15, 0.2) is 0 Å². The van der Waals surface area contributed by atoms with Crippen molar-refractivity contribution in [2.75, 3.05) is 11.5 Å². The van der Waals surface area contributed by atoms with Crippen LogP contribution in [-0.2, 0) is 9.84 Å². The molecule has 0 aromatic heterocycles. The lowest BCUT2D eigenvalue weighted by molar-refractivity contribution is 0.393. The quantitative estimate of drug-likeness (QED) is 0.749. The lowest BCUT2D eigenvalue weighted by Crippen LogP contribution is -2.39. The van der Waals surface area contributed by atoms with Crippen LogP contribution in [0, 0.1) is 0 Å². The molecule has 0 spiro atoms. The third kappa shape index (κ3) is 4.83. The smallest absolute Gasteiger partial charge is 0.151 e. The van der Waals surface area contributed by atoms with Gasteiger partial charge in [-0.15, -0.1) is 0 Å². The molecular weight excluding hydrogens is 222 g/mol. The minimum atomic E-state index is -2.74. The van der Waals surface area contributed by atoms with E-state index in [0.717, 1.165) is 12.8 Å². The maximum absolute atomic E-state index is 11.4. The molecule has 0 aromatic carbocycles. The second-order valence-corrected chi connectivity index (χ2v) is 7.12. The first-order valence-electron chi connectivity index (χ1n) is 6.54. The highest BCUT2D eigenvalue weighted by atomic mass is 32.2. The maximum atomic E-state index is 11.4. The molecule has 1 aliphatic heterocycles. The van der Waals surface area contributed by atoms with Crippen LogP contribution in [0.5, 0.6) is 0 Å². The molecule has 4 heteroatoms. The van der Waals surface area contributed by atoms with Crippen molar-refractivity contribution in [2.45, 2.75) is 64.5 Å². The van der Waals surface area contributed by atoms with E-state index in [1.165, 1.54) is 25.7 Å². The van der Waals surface area contributed by atoms with Gasteiger partial charge in [0.1, 0.15) is 0 Å². The van der Waals surface area contributed by atoms with Gasteiger partial charge in [-0.2, -0.15) is 0 Å². The minimum Gasteiger partial charge on any atom is -0.310 e. The van der Waals surface area contributed by atoms with Gasteiger partial charge in [0.25, 0.3) is 0 Å². The lowest BCUT2D eigenvalue weighted by atomic mass is 10.0. The highest BCUT2D eigenvalue weighted by Crippen LogP contribution is 2.15. The number of unbranched alkanes of at least 4 members (excludes halogenated alkanes) is 1. The molecule has 96 valence electrons. The molecular formula is C12H25NO2S. The van der Waals surface area contributed by atoms with Gasteiger partial charge in [-0.1, -0.05) is 33.1 Å². The van der Waals surface area contributed by atoms with Crippen molar-refractivity contribution in [2.24, 2.45) is 0 Å². The van der Waals surface area contributed by atoms with Crippen molar-refractivity contribution in [3.8, 4) is 0 Å². The molecule has 3 nitrogen and oxygen atoms in total. The minimum absolute atomic E-state index is 0.207. The van der Waals surface area contributed by atoms with Crippen LogP contribution in [0.2, 0.25) is 0 Å². The molecule has 1 rings (SSSR count). The van der Waals surface area contributed by atoms with Crippen LogP contribution in [0.3, 0.4) is 0 Å². The number of rotatable bonds is 7. The van der Waals surface area contributed by atoms with Crippen LogP contribution < -0.4 is 5.32 Å². The Bertz CT molecular complexity index is 287. The third-order valence-electron chi connectivity index (χ3n) is 3.25. The standard InChI is InChI=1S/C12H25NO2S/c1-3-5-7-11(6-4-2)13-12-8-9-16(14,15)10-12/h11-13H,3-10H2,1-2H3. The molecule has 1 aliphatic rings. The van der Waals surface area contributed by atoms with Crippen LogP contribution in [0.25, 0.3) is 0 Å². The first-order valence-corrected chi connectivity index (χ1v) is 8.36. The van der Waals surface area contributed by atoms with Gasteiger partial charge in [0.15, 0.2) is 9.84 Å². The summed E-state index contributed by atoms with van der Waals surface area (Å²) in [6.45, 7) is 4.38. The van der Waals surface area contributed by atoms with Gasteiger partial charge in [0, 0.05) is 12.1 Å². The summed E-state index contributed by atoms with van der Waals surface area (Å²) in [6.07, 6.45) is 6.76. The highest BCUT2D eigenvalue weighted by Gasteiger charge is 2.28. The molecule has 1 heterocycles. The van der Waals surface area contributed by atoms with Gasteiger partial charge < -0.3 is 5.32 Å². The summed E-state index contributed by atoms with van der Waals surface area (Å²) >= 11 is 0. The molecule has 1 saturated heterocycles. The van der Waals surface area contributed by atoms with Crippen molar-refractivity contribution >= 4 is 9.84 Å². The fourth-order valence-electron chi connectivity index (χ4n) is 2.37. The topological polar surface area (TPSA) is 46.2 Å². The van der Waals surface area contributed by atoms with Crippen LogP contribution in [0.1, 0.15) is 52.4 Å². The molecule has 2 unspecified atom stereocenters. The summed E-state index contributed by atoms with van der Waals surface area (Å²) in [5, 5.41) is 3.53. The largest absolute Gasteiger partial charge is 0.310 e. The Morgan fingerprint density at radius 1 is 1.25 bits per heavy atom. The number of hydrogen-bond acceptors (Lipinski definition) is 3. The zero-order valence-corrected chi connectivity index (χ0v) is 11.4. The number of hydrogen-bond donors (Lipinski definition) is 1. The molecule has 1 N–H and O–H groups in total. The van der Waals surface area contributed by atoms with E-state index in [-0.39, 0.29) is 6.04 Å². The van der Waals surface area contributed by atoms with E-state index in [9.17, 15) is 8.42 Å². The summed E-state index contributed by atoms with van der Waals surface area (Å²) in [5.74, 6) is 0.719. The Kier molecular flexibility index (Phi) is 5.76. The Labute approximate surface area is 99.9 Å². The molecule has 16 heavy (non-hydrogen) atoms. The number of sulfone groups is 1. The molecule has 1 fully saturated rings. The van der Waals surface area contributed by atoms with Gasteiger partial charge in [-0.3, -0.25) is 0 Å².